The molecule has 0 N–H and O–H groups in total. The number of aryl methyl sites for hydroxylation is 1. The first kappa shape index (κ1) is 21.1. The molecule has 1 aliphatic heterocycles. The molecule has 5 rings (SSSR count). The lowest BCUT2D eigenvalue weighted by Crippen LogP contribution is -2.43. The van der Waals surface area contributed by atoms with Crippen LogP contribution in [0.5, 0.6) is 0 Å². The first-order chi connectivity index (χ1) is 16.1. The smallest absolute Gasteiger partial charge is 0.159 e. The number of rotatable bonds is 5. The van der Waals surface area contributed by atoms with E-state index in [-0.39, 0.29) is 0 Å². The van der Waals surface area contributed by atoms with Crippen LogP contribution in [-0.4, -0.2) is 51.1 Å². The molecule has 2 aromatic heterocycles. The Hall–Kier alpha value is -3.76. The molecule has 4 aromatic rings. The molecule has 1 saturated heterocycles. The van der Waals surface area contributed by atoms with E-state index in [1.165, 1.54) is 5.56 Å². The van der Waals surface area contributed by atoms with E-state index >= 15 is 0 Å². The normalized spacial score (nSPS) is 14.9. The van der Waals surface area contributed by atoms with Gasteiger partial charge in [-0.05, 0) is 36.6 Å². The molecule has 0 radical (unpaired) electrons. The Balaban J connectivity index is 1.33. The Bertz CT molecular complexity index is 1310. The fourth-order valence-corrected chi connectivity index (χ4v) is 4.78. The van der Waals surface area contributed by atoms with Gasteiger partial charge in [-0.25, -0.2) is 0 Å². The van der Waals surface area contributed by atoms with Gasteiger partial charge in [0.15, 0.2) is 5.82 Å². The molecule has 1 aliphatic rings. The van der Waals surface area contributed by atoms with Crippen molar-refractivity contribution >= 4 is 16.6 Å². The number of anilines is 1. The zero-order valence-corrected chi connectivity index (χ0v) is 19.0. The van der Waals surface area contributed by atoms with E-state index in [0.29, 0.717) is 6.04 Å². The summed E-state index contributed by atoms with van der Waals surface area (Å²) in [6.45, 7) is 2.92. The molecule has 2 aromatic carbocycles. The van der Waals surface area contributed by atoms with Crippen molar-refractivity contribution in [1.29, 1.82) is 5.26 Å². The SMILES string of the molecule is CN(c1nnc(-c2ccnn2C)c2ccccc12)C1CCN(Cc2cccc(C#N)c2)CC1. The average Bonchev–Trinajstić information content (AvgIpc) is 3.29. The van der Waals surface area contributed by atoms with Crippen LogP contribution in [-0.2, 0) is 13.6 Å². The van der Waals surface area contributed by atoms with E-state index in [1.54, 1.807) is 6.20 Å². The third kappa shape index (κ3) is 4.18. The van der Waals surface area contributed by atoms with Crippen LogP contribution >= 0.6 is 0 Å². The minimum atomic E-state index is 0.409. The summed E-state index contributed by atoms with van der Waals surface area (Å²) in [5, 5.41) is 24.9. The maximum Gasteiger partial charge on any atom is 0.159 e. The van der Waals surface area contributed by atoms with Crippen LogP contribution in [0.25, 0.3) is 22.2 Å². The lowest BCUT2D eigenvalue weighted by Gasteiger charge is -2.37. The number of likely N-dealkylation sites (tertiary alicyclic amines) is 1. The molecule has 0 spiro atoms. The van der Waals surface area contributed by atoms with Gasteiger partial charge in [0.1, 0.15) is 5.69 Å². The molecule has 1 fully saturated rings. The van der Waals surface area contributed by atoms with Crippen molar-refractivity contribution in [3.05, 3.63) is 71.9 Å². The maximum atomic E-state index is 9.15. The zero-order valence-electron chi connectivity index (χ0n) is 19.0. The molecule has 0 atom stereocenters. The van der Waals surface area contributed by atoms with E-state index < -0.39 is 0 Å². The number of hydrogen-bond donors (Lipinski definition) is 0. The van der Waals surface area contributed by atoms with Crippen molar-refractivity contribution in [3.8, 4) is 17.5 Å². The van der Waals surface area contributed by atoms with Gasteiger partial charge in [-0.2, -0.15) is 10.4 Å². The van der Waals surface area contributed by atoms with Gasteiger partial charge in [0.05, 0.1) is 17.3 Å². The number of nitrogens with zero attached hydrogens (tertiary/aromatic N) is 7. The van der Waals surface area contributed by atoms with Crippen molar-refractivity contribution < 1.29 is 0 Å². The van der Waals surface area contributed by atoms with Crippen LogP contribution in [0.1, 0.15) is 24.0 Å². The highest BCUT2D eigenvalue weighted by Crippen LogP contribution is 2.32. The first-order valence-electron chi connectivity index (χ1n) is 11.3. The predicted molar refractivity (Wildman–Crippen MR) is 130 cm³/mol. The first-order valence-corrected chi connectivity index (χ1v) is 11.3. The summed E-state index contributed by atoms with van der Waals surface area (Å²) in [4.78, 5) is 4.77. The number of aromatic nitrogens is 4. The van der Waals surface area contributed by atoms with Gasteiger partial charge in [0.2, 0.25) is 0 Å². The fraction of sp³-hybridized carbons (Fsp3) is 0.308. The van der Waals surface area contributed by atoms with Crippen molar-refractivity contribution in [2.75, 3.05) is 25.0 Å². The Morgan fingerprint density at radius 2 is 1.82 bits per heavy atom. The van der Waals surface area contributed by atoms with Gasteiger partial charge < -0.3 is 4.90 Å². The molecule has 0 saturated carbocycles. The van der Waals surface area contributed by atoms with Gasteiger partial charge in [0.25, 0.3) is 0 Å². The van der Waals surface area contributed by atoms with Crippen LogP contribution < -0.4 is 4.90 Å². The van der Waals surface area contributed by atoms with Gasteiger partial charge in [0, 0.05) is 56.7 Å². The highest BCUT2D eigenvalue weighted by atomic mass is 15.3. The molecule has 0 aliphatic carbocycles. The topological polar surface area (TPSA) is 73.9 Å². The summed E-state index contributed by atoms with van der Waals surface area (Å²) in [7, 11) is 4.06. The van der Waals surface area contributed by atoms with Crippen molar-refractivity contribution in [1.82, 2.24) is 24.9 Å². The summed E-state index contributed by atoms with van der Waals surface area (Å²) < 4.78 is 1.84. The van der Waals surface area contributed by atoms with Crippen LogP contribution in [0.2, 0.25) is 0 Å². The third-order valence-corrected chi connectivity index (χ3v) is 6.63. The molecular formula is C26H27N7. The summed E-state index contributed by atoms with van der Waals surface area (Å²) in [5.74, 6) is 0.927. The number of hydrogen-bond acceptors (Lipinski definition) is 6. The van der Waals surface area contributed by atoms with Crippen LogP contribution in [0.15, 0.2) is 60.8 Å². The standard InChI is InChI=1S/C26H27N7/c1-31(21-11-14-33(15-12-21)18-20-7-5-6-19(16-20)17-27)26-23-9-4-3-8-22(23)25(29-30-26)24-10-13-28-32(24)2/h3-10,13,16,21H,11-12,14-15,18H2,1-2H3. The number of benzene rings is 2. The molecule has 33 heavy (non-hydrogen) atoms. The van der Waals surface area contributed by atoms with E-state index in [0.717, 1.165) is 66.0 Å². The highest BCUT2D eigenvalue weighted by molar-refractivity contribution is 5.99. The molecule has 0 amide bonds. The second-order valence-corrected chi connectivity index (χ2v) is 8.69. The molecule has 7 nitrogen and oxygen atoms in total. The van der Waals surface area contributed by atoms with Gasteiger partial charge in [-0.15, -0.1) is 10.2 Å². The van der Waals surface area contributed by atoms with Crippen LogP contribution in [0.4, 0.5) is 5.82 Å². The van der Waals surface area contributed by atoms with Gasteiger partial charge in [-0.1, -0.05) is 36.4 Å². The van der Waals surface area contributed by atoms with E-state index in [9.17, 15) is 0 Å². The van der Waals surface area contributed by atoms with E-state index in [2.05, 4.69) is 62.5 Å². The van der Waals surface area contributed by atoms with Crippen LogP contribution in [0, 0.1) is 11.3 Å². The Morgan fingerprint density at radius 1 is 1.03 bits per heavy atom. The molecule has 7 heteroatoms. The van der Waals surface area contributed by atoms with Crippen molar-refractivity contribution in [2.45, 2.75) is 25.4 Å². The number of fused-ring (bicyclic) bond motifs is 1. The molecule has 166 valence electrons. The third-order valence-electron chi connectivity index (χ3n) is 6.63. The Morgan fingerprint density at radius 3 is 2.55 bits per heavy atom. The molecule has 0 unspecified atom stereocenters. The highest BCUT2D eigenvalue weighted by Gasteiger charge is 2.25. The van der Waals surface area contributed by atoms with E-state index in [1.807, 2.05) is 42.1 Å². The Kier molecular flexibility index (Phi) is 5.76. The Labute approximate surface area is 193 Å². The maximum absolute atomic E-state index is 9.15. The molecule has 3 heterocycles. The summed E-state index contributed by atoms with van der Waals surface area (Å²) in [5.41, 5.74) is 3.74. The largest absolute Gasteiger partial charge is 0.355 e. The molecule has 0 bridgehead atoms. The van der Waals surface area contributed by atoms with Gasteiger partial charge in [-0.3, -0.25) is 9.58 Å². The summed E-state index contributed by atoms with van der Waals surface area (Å²) in [6.07, 6.45) is 3.91. The number of nitriles is 1. The number of piperidine rings is 1. The lowest BCUT2D eigenvalue weighted by molar-refractivity contribution is 0.203. The van der Waals surface area contributed by atoms with Crippen LogP contribution in [0.3, 0.4) is 0 Å². The summed E-state index contributed by atoms with van der Waals surface area (Å²) >= 11 is 0. The minimum Gasteiger partial charge on any atom is -0.355 e. The van der Waals surface area contributed by atoms with E-state index in [4.69, 9.17) is 5.26 Å². The monoisotopic (exact) mass is 437 g/mol. The lowest BCUT2D eigenvalue weighted by atomic mass is 10.0. The second kappa shape index (κ2) is 9.00. The minimum absolute atomic E-state index is 0.409. The van der Waals surface area contributed by atoms with Crippen molar-refractivity contribution in [2.24, 2.45) is 7.05 Å². The van der Waals surface area contributed by atoms with Crippen molar-refractivity contribution in [3.63, 3.8) is 0 Å². The average molecular weight is 438 g/mol. The van der Waals surface area contributed by atoms with Gasteiger partial charge >= 0.3 is 0 Å². The fourth-order valence-electron chi connectivity index (χ4n) is 4.78. The quantitative estimate of drug-likeness (QED) is 0.470. The molecular weight excluding hydrogens is 410 g/mol. The predicted octanol–water partition coefficient (Wildman–Crippen LogP) is 4.00. The second-order valence-electron chi connectivity index (χ2n) is 8.69. The summed E-state index contributed by atoms with van der Waals surface area (Å²) in [6, 6.07) is 20.9. The zero-order chi connectivity index (χ0) is 22.8.